The lowest BCUT2D eigenvalue weighted by Crippen LogP contribution is -2.59. The molecule has 1 heterocycles. The first-order chi connectivity index (χ1) is 17.0. The van der Waals surface area contributed by atoms with Crippen molar-refractivity contribution in [1.82, 2.24) is 0 Å². The number of allylic oxidation sites excluding steroid dienone is 2. The van der Waals surface area contributed by atoms with Gasteiger partial charge in [0, 0.05) is 13.3 Å². The Bertz CT molecular complexity index is 627. The topological polar surface area (TPSA) is 75.7 Å². The molecule has 1 aliphatic rings. The molecule has 35 heavy (non-hydrogen) atoms. The summed E-state index contributed by atoms with van der Waals surface area (Å²) < 4.78 is 0.170. The number of nitrogens with two attached hydrogens (primary N) is 1. The van der Waals surface area contributed by atoms with Crippen molar-refractivity contribution in [1.29, 1.82) is 0 Å². The minimum atomic E-state index is -0.837. The summed E-state index contributed by atoms with van der Waals surface area (Å²) in [6.07, 6.45) is 34.1. The number of carbonyl (C=O) groups is 1. The van der Waals surface area contributed by atoms with E-state index in [2.05, 4.69) is 24.1 Å². The second-order valence-corrected chi connectivity index (χ2v) is 10.5. The lowest BCUT2D eigenvalue weighted by molar-refractivity contribution is -0.805. The fraction of sp³-hybridized carbons (Fsp3) is 0.800. The predicted octanol–water partition coefficient (Wildman–Crippen LogP) is 8.45. The number of nitrogens with zero attached hydrogens (tertiary/aromatic N) is 2. The largest absolute Gasteiger partial charge is 0.477 e. The smallest absolute Gasteiger partial charge is 0.360 e. The number of carboxylic acids is 1. The zero-order chi connectivity index (χ0) is 25.6. The average Bonchev–Trinajstić information content (AvgIpc) is 3.23. The highest BCUT2D eigenvalue weighted by atomic mass is 16.4. The minimum Gasteiger partial charge on any atom is -0.477 e. The first-order valence-corrected chi connectivity index (χ1v) is 14.8. The van der Waals surface area contributed by atoms with E-state index in [1.807, 2.05) is 13.1 Å². The van der Waals surface area contributed by atoms with Crippen LogP contribution in [0.3, 0.4) is 0 Å². The van der Waals surface area contributed by atoms with Crippen molar-refractivity contribution < 1.29 is 14.4 Å². The molecule has 202 valence electrons. The Morgan fingerprint density at radius 2 is 1.31 bits per heavy atom. The molecule has 0 amide bonds. The number of hydrogen-bond acceptors (Lipinski definition) is 3. The van der Waals surface area contributed by atoms with Gasteiger partial charge < -0.3 is 5.11 Å². The van der Waals surface area contributed by atoms with E-state index in [1.54, 1.807) is 6.20 Å². The predicted molar refractivity (Wildman–Crippen MR) is 150 cm³/mol. The third-order valence-electron chi connectivity index (χ3n) is 7.32. The second-order valence-electron chi connectivity index (χ2n) is 10.5. The van der Waals surface area contributed by atoms with E-state index in [0.717, 1.165) is 18.7 Å². The number of rotatable bonds is 24. The van der Waals surface area contributed by atoms with Crippen LogP contribution >= 0.6 is 0 Å². The molecule has 0 radical (unpaired) electrons. The summed E-state index contributed by atoms with van der Waals surface area (Å²) >= 11 is 0. The summed E-state index contributed by atoms with van der Waals surface area (Å²) in [6, 6.07) is 0. The molecular weight excluding hydrogens is 434 g/mol. The molecule has 0 saturated heterocycles. The molecule has 2 unspecified atom stereocenters. The van der Waals surface area contributed by atoms with Gasteiger partial charge in [-0.15, -0.1) is 0 Å². The molecule has 0 spiro atoms. The van der Waals surface area contributed by atoms with Crippen LogP contribution in [0.4, 0.5) is 0 Å². The van der Waals surface area contributed by atoms with Crippen molar-refractivity contribution in [3.8, 4) is 0 Å². The Labute approximate surface area is 216 Å². The van der Waals surface area contributed by atoms with Crippen LogP contribution in [0.2, 0.25) is 0 Å². The van der Waals surface area contributed by atoms with E-state index < -0.39 is 5.97 Å². The Balaban J connectivity index is 1.90. The van der Waals surface area contributed by atoms with Crippen LogP contribution in [0.5, 0.6) is 0 Å². The molecule has 0 bridgehead atoms. The van der Waals surface area contributed by atoms with Crippen molar-refractivity contribution in [2.75, 3.05) is 6.54 Å². The van der Waals surface area contributed by atoms with E-state index in [1.165, 1.54) is 116 Å². The molecule has 1 aliphatic heterocycles. The molecule has 0 aromatic rings. The van der Waals surface area contributed by atoms with E-state index in [9.17, 15) is 9.90 Å². The third-order valence-corrected chi connectivity index (χ3v) is 7.32. The summed E-state index contributed by atoms with van der Waals surface area (Å²) in [7, 11) is 0. The van der Waals surface area contributed by atoms with Crippen LogP contribution in [-0.4, -0.2) is 34.1 Å². The zero-order valence-electron chi connectivity index (χ0n) is 23.1. The minimum absolute atomic E-state index is 0.0257. The van der Waals surface area contributed by atoms with E-state index in [-0.39, 0.29) is 17.2 Å². The average molecular weight is 491 g/mol. The molecule has 0 fully saturated rings. The number of amidine groups is 1. The first-order valence-electron chi connectivity index (χ1n) is 14.8. The Kier molecular flexibility index (Phi) is 18.7. The van der Waals surface area contributed by atoms with Gasteiger partial charge in [-0.1, -0.05) is 109 Å². The van der Waals surface area contributed by atoms with Gasteiger partial charge in [0.05, 0.1) is 6.20 Å². The number of quaternary nitrogens is 1. The highest BCUT2D eigenvalue weighted by Gasteiger charge is 2.40. The van der Waals surface area contributed by atoms with Crippen LogP contribution in [0, 0.1) is 0 Å². The summed E-state index contributed by atoms with van der Waals surface area (Å²) in [4.78, 5) is 15.8. The van der Waals surface area contributed by atoms with Gasteiger partial charge in [0.1, 0.15) is 12.4 Å². The number of aliphatic carboxylic acids is 1. The van der Waals surface area contributed by atoms with Crippen molar-refractivity contribution in [3.05, 3.63) is 24.6 Å². The normalized spacial score (nSPS) is 18.4. The highest BCUT2D eigenvalue weighted by Crippen LogP contribution is 2.23. The lowest BCUT2D eigenvalue weighted by atomic mass is 10.0. The van der Waals surface area contributed by atoms with Crippen molar-refractivity contribution in [3.63, 3.8) is 0 Å². The number of carboxylic acid groups (broad SMARTS) is 1. The molecule has 2 atom stereocenters. The van der Waals surface area contributed by atoms with E-state index in [4.69, 9.17) is 5.73 Å². The number of unbranched alkanes of at least 4 members (excludes halogenated alkanes) is 17. The van der Waals surface area contributed by atoms with Crippen molar-refractivity contribution in [2.24, 2.45) is 10.7 Å². The third kappa shape index (κ3) is 14.6. The molecule has 3 N–H and O–H groups in total. The fourth-order valence-electron chi connectivity index (χ4n) is 5.00. The van der Waals surface area contributed by atoms with Crippen molar-refractivity contribution >= 4 is 11.8 Å². The number of hydrogen-bond donors (Lipinski definition) is 2. The molecule has 5 nitrogen and oxygen atoms in total. The molecule has 1 rings (SSSR count). The van der Waals surface area contributed by atoms with Gasteiger partial charge in [-0.3, -0.25) is 5.73 Å². The summed E-state index contributed by atoms with van der Waals surface area (Å²) in [5.41, 5.74) is 6.13. The zero-order valence-corrected chi connectivity index (χ0v) is 23.1. The van der Waals surface area contributed by atoms with Crippen LogP contribution in [0.1, 0.15) is 142 Å². The van der Waals surface area contributed by atoms with E-state index in [0.29, 0.717) is 0 Å². The standard InChI is InChI=1S/C30H55N3O2/c1-3-4-5-6-7-8-9-10-11-12-13-14-15-16-17-18-19-20-21-22-23-24-29-32-25-26-33(29,28(2)31)27-30(34)35/h12-13,25-26,28H,3-11,14-24,27,31H2,1-2H3/p+1/b13-12+. The van der Waals surface area contributed by atoms with Gasteiger partial charge in [0.2, 0.25) is 5.84 Å². The van der Waals surface area contributed by atoms with Crippen LogP contribution in [0.15, 0.2) is 29.5 Å². The maximum absolute atomic E-state index is 11.3. The molecule has 0 aliphatic carbocycles. The fourth-order valence-corrected chi connectivity index (χ4v) is 5.00. The van der Waals surface area contributed by atoms with Gasteiger partial charge in [-0.25, -0.2) is 14.3 Å². The van der Waals surface area contributed by atoms with Gasteiger partial charge in [0.25, 0.3) is 0 Å². The van der Waals surface area contributed by atoms with Gasteiger partial charge in [-0.05, 0) is 32.1 Å². The van der Waals surface area contributed by atoms with Gasteiger partial charge >= 0.3 is 5.97 Å². The molecule has 5 heteroatoms. The Hall–Kier alpha value is -1.46. The molecule has 0 saturated carbocycles. The maximum atomic E-state index is 11.3. The summed E-state index contributed by atoms with van der Waals surface area (Å²) in [5.74, 6) is 0.0608. The highest BCUT2D eigenvalue weighted by molar-refractivity contribution is 5.81. The Morgan fingerprint density at radius 1 is 0.857 bits per heavy atom. The van der Waals surface area contributed by atoms with Crippen LogP contribution in [-0.2, 0) is 4.79 Å². The van der Waals surface area contributed by atoms with Crippen LogP contribution in [0.25, 0.3) is 0 Å². The lowest BCUT2D eigenvalue weighted by Gasteiger charge is -2.34. The Morgan fingerprint density at radius 3 is 1.77 bits per heavy atom. The molecule has 0 aromatic heterocycles. The summed E-state index contributed by atoms with van der Waals surface area (Å²) in [5, 5.41) is 9.29. The van der Waals surface area contributed by atoms with Crippen molar-refractivity contribution in [2.45, 2.75) is 148 Å². The SMILES string of the molecule is CCCCCCCCCC/C=C/CCCCCCCCCCCC1=NC=C[N+]1(CC(=O)O)C(C)N. The van der Waals surface area contributed by atoms with Gasteiger partial charge in [0.15, 0.2) is 6.54 Å². The number of aliphatic imine (C=N–C) groups is 1. The maximum Gasteiger partial charge on any atom is 0.360 e. The molecule has 0 aromatic carbocycles. The second kappa shape index (κ2) is 20.7. The monoisotopic (exact) mass is 490 g/mol. The summed E-state index contributed by atoms with van der Waals surface area (Å²) in [6.45, 7) is 4.12. The quantitative estimate of drug-likeness (QED) is 0.0809. The molecular formula is C30H56N3O2+. The van der Waals surface area contributed by atoms with Gasteiger partial charge in [-0.2, -0.15) is 0 Å². The van der Waals surface area contributed by atoms with Crippen LogP contribution < -0.4 is 5.73 Å². The van der Waals surface area contributed by atoms with E-state index >= 15 is 0 Å². The first kappa shape index (κ1) is 31.6.